The number of urea groups is 1. The molecule has 0 fully saturated rings. The molecule has 0 spiro atoms. The van der Waals surface area contributed by atoms with E-state index in [4.69, 9.17) is 10.8 Å². The molecule has 1 aromatic rings. The number of nitrogens with zero attached hydrogens (tertiary/aromatic N) is 1. The maximum atomic E-state index is 10.4. The number of amides is 2. The van der Waals surface area contributed by atoms with Gasteiger partial charge in [0.15, 0.2) is 0 Å². The summed E-state index contributed by atoms with van der Waals surface area (Å²) in [6.07, 6.45) is 1.50. The normalized spacial score (nSPS) is 10.7. The molecule has 1 aromatic carbocycles. The Hall–Kier alpha value is -1.88. The molecular weight excluding hydrogens is 206 g/mol. The molecule has 0 radical (unpaired) electrons. The third-order valence-electron chi connectivity index (χ3n) is 2.27. The average molecular weight is 221 g/mol. The van der Waals surface area contributed by atoms with Gasteiger partial charge in [-0.2, -0.15) is 5.10 Å². The summed E-state index contributed by atoms with van der Waals surface area (Å²) in [6.45, 7) is 3.84. The summed E-state index contributed by atoms with van der Waals surface area (Å²) in [4.78, 5) is 10.4. The largest absolute Gasteiger partial charge is 0.392 e. The highest BCUT2D eigenvalue weighted by atomic mass is 16.3. The van der Waals surface area contributed by atoms with Crippen LogP contribution in [0.3, 0.4) is 0 Å². The monoisotopic (exact) mass is 221 g/mol. The van der Waals surface area contributed by atoms with Gasteiger partial charge in [0.1, 0.15) is 0 Å². The Balaban J connectivity index is 2.95. The number of hydrogen-bond acceptors (Lipinski definition) is 3. The molecular formula is C11H15N3O2. The smallest absolute Gasteiger partial charge is 0.332 e. The summed E-state index contributed by atoms with van der Waals surface area (Å²) in [6, 6.07) is 3.08. The molecule has 5 nitrogen and oxygen atoms in total. The van der Waals surface area contributed by atoms with Gasteiger partial charge in [-0.25, -0.2) is 10.2 Å². The van der Waals surface area contributed by atoms with Crippen LogP contribution in [0.2, 0.25) is 0 Å². The van der Waals surface area contributed by atoms with Crippen LogP contribution in [0.5, 0.6) is 0 Å². The van der Waals surface area contributed by atoms with E-state index in [-0.39, 0.29) is 6.61 Å². The number of rotatable bonds is 3. The van der Waals surface area contributed by atoms with Gasteiger partial charge < -0.3 is 10.8 Å². The number of benzene rings is 1. The molecule has 1 rings (SSSR count). The molecule has 0 saturated heterocycles. The minimum Gasteiger partial charge on any atom is -0.392 e. The first-order valence-electron chi connectivity index (χ1n) is 4.84. The first-order valence-corrected chi connectivity index (χ1v) is 4.84. The summed E-state index contributed by atoms with van der Waals surface area (Å²) < 4.78 is 0. The number of carbonyl (C=O) groups is 1. The number of hydrogen-bond donors (Lipinski definition) is 3. The third kappa shape index (κ3) is 3.06. The van der Waals surface area contributed by atoms with Crippen molar-refractivity contribution in [3.8, 4) is 0 Å². The van der Waals surface area contributed by atoms with E-state index >= 15 is 0 Å². The molecule has 0 aliphatic carbocycles. The van der Waals surface area contributed by atoms with Crippen molar-refractivity contribution in [1.29, 1.82) is 0 Å². The third-order valence-corrected chi connectivity index (χ3v) is 2.27. The number of aliphatic hydroxyl groups is 1. The number of hydrazone groups is 1. The predicted molar refractivity (Wildman–Crippen MR) is 62.2 cm³/mol. The van der Waals surface area contributed by atoms with Crippen LogP contribution < -0.4 is 11.2 Å². The van der Waals surface area contributed by atoms with Crippen LogP contribution >= 0.6 is 0 Å². The molecule has 0 aliphatic rings. The summed E-state index contributed by atoms with van der Waals surface area (Å²) in [5.74, 6) is 0. The van der Waals surface area contributed by atoms with Crippen LogP contribution in [0, 0.1) is 13.8 Å². The fourth-order valence-electron chi connectivity index (χ4n) is 1.39. The lowest BCUT2D eigenvalue weighted by molar-refractivity contribution is 0.249. The fourth-order valence-corrected chi connectivity index (χ4v) is 1.39. The van der Waals surface area contributed by atoms with Crippen LogP contribution in [-0.2, 0) is 6.61 Å². The second kappa shape index (κ2) is 5.27. The van der Waals surface area contributed by atoms with E-state index in [1.807, 2.05) is 26.0 Å². The average Bonchev–Trinajstić information content (AvgIpc) is 2.20. The lowest BCUT2D eigenvalue weighted by atomic mass is 10.0. The molecule has 0 heterocycles. The Morgan fingerprint density at radius 3 is 2.75 bits per heavy atom. The minimum atomic E-state index is -0.705. The minimum absolute atomic E-state index is 0.0177. The number of nitrogens with two attached hydrogens (primary N) is 1. The standard InChI is InChI=1S/C11H15N3O2/c1-7-3-8(2)10(6-15)4-9(7)5-13-14-11(12)16/h3-5,15H,6H2,1-2H3,(H3,12,14,16)/b13-5+. The number of nitrogens with one attached hydrogen (secondary N) is 1. The summed E-state index contributed by atoms with van der Waals surface area (Å²) in [7, 11) is 0. The number of primary amides is 1. The van der Waals surface area contributed by atoms with Crippen molar-refractivity contribution < 1.29 is 9.90 Å². The lowest BCUT2D eigenvalue weighted by Gasteiger charge is -2.07. The Morgan fingerprint density at radius 1 is 1.50 bits per heavy atom. The van der Waals surface area contributed by atoms with Crippen LogP contribution in [0.1, 0.15) is 22.3 Å². The second-order valence-corrected chi connectivity index (χ2v) is 3.53. The van der Waals surface area contributed by atoms with Gasteiger partial charge in [0.05, 0.1) is 12.8 Å². The Labute approximate surface area is 94.0 Å². The number of aliphatic hydroxyl groups excluding tert-OH is 1. The maximum Gasteiger partial charge on any atom is 0.332 e. The van der Waals surface area contributed by atoms with Crippen LogP contribution in [0.25, 0.3) is 0 Å². The summed E-state index contributed by atoms with van der Waals surface area (Å²) >= 11 is 0. The van der Waals surface area contributed by atoms with Crippen molar-refractivity contribution in [2.45, 2.75) is 20.5 Å². The molecule has 0 unspecified atom stereocenters. The van der Waals surface area contributed by atoms with Crippen LogP contribution in [0.15, 0.2) is 17.2 Å². The highest BCUT2D eigenvalue weighted by Gasteiger charge is 2.02. The van der Waals surface area contributed by atoms with Crippen molar-refractivity contribution in [3.05, 3.63) is 34.4 Å². The van der Waals surface area contributed by atoms with E-state index < -0.39 is 6.03 Å². The van der Waals surface area contributed by atoms with Gasteiger partial charge in [-0.05, 0) is 42.2 Å². The van der Waals surface area contributed by atoms with Crippen LogP contribution in [0.4, 0.5) is 4.79 Å². The van der Waals surface area contributed by atoms with Crippen molar-refractivity contribution >= 4 is 12.2 Å². The quantitative estimate of drug-likeness (QED) is 0.520. The molecule has 16 heavy (non-hydrogen) atoms. The van der Waals surface area contributed by atoms with E-state index in [1.165, 1.54) is 6.21 Å². The molecule has 0 atom stereocenters. The summed E-state index contributed by atoms with van der Waals surface area (Å²) in [5, 5.41) is 12.8. The zero-order valence-electron chi connectivity index (χ0n) is 9.32. The lowest BCUT2D eigenvalue weighted by Crippen LogP contribution is -2.24. The number of aryl methyl sites for hydroxylation is 2. The highest BCUT2D eigenvalue weighted by molar-refractivity contribution is 5.83. The molecule has 2 amide bonds. The molecule has 4 N–H and O–H groups in total. The molecule has 0 saturated carbocycles. The predicted octanol–water partition coefficient (Wildman–Crippen LogP) is 0.798. The zero-order valence-corrected chi connectivity index (χ0v) is 9.32. The van der Waals surface area contributed by atoms with Crippen molar-refractivity contribution in [3.63, 3.8) is 0 Å². The molecule has 0 aromatic heterocycles. The maximum absolute atomic E-state index is 10.4. The first-order chi connectivity index (χ1) is 7.54. The van der Waals surface area contributed by atoms with Gasteiger partial charge >= 0.3 is 6.03 Å². The Morgan fingerprint density at radius 2 is 2.19 bits per heavy atom. The number of carbonyl (C=O) groups excluding carboxylic acids is 1. The summed E-state index contributed by atoms with van der Waals surface area (Å²) in [5.41, 5.74) is 10.7. The van der Waals surface area contributed by atoms with Gasteiger partial charge in [-0.1, -0.05) is 6.07 Å². The van der Waals surface area contributed by atoms with E-state index in [0.717, 1.165) is 22.3 Å². The van der Waals surface area contributed by atoms with Gasteiger partial charge in [0.2, 0.25) is 0 Å². The van der Waals surface area contributed by atoms with Gasteiger partial charge in [-0.3, -0.25) is 0 Å². The van der Waals surface area contributed by atoms with E-state index in [2.05, 4.69) is 10.5 Å². The fraction of sp³-hybridized carbons (Fsp3) is 0.273. The molecule has 5 heteroatoms. The van der Waals surface area contributed by atoms with E-state index in [9.17, 15) is 4.79 Å². The van der Waals surface area contributed by atoms with Crippen LogP contribution in [-0.4, -0.2) is 17.4 Å². The SMILES string of the molecule is Cc1cc(C)c(CO)cc1/C=N/NC(N)=O. The van der Waals surface area contributed by atoms with Gasteiger partial charge in [-0.15, -0.1) is 0 Å². The van der Waals surface area contributed by atoms with Gasteiger partial charge in [0.25, 0.3) is 0 Å². The topological polar surface area (TPSA) is 87.7 Å². The van der Waals surface area contributed by atoms with E-state index in [1.54, 1.807) is 0 Å². The van der Waals surface area contributed by atoms with Gasteiger partial charge in [0, 0.05) is 0 Å². The molecule has 0 aliphatic heterocycles. The zero-order chi connectivity index (χ0) is 12.1. The molecule has 86 valence electrons. The Kier molecular flexibility index (Phi) is 4.02. The highest BCUT2D eigenvalue weighted by Crippen LogP contribution is 2.14. The second-order valence-electron chi connectivity index (χ2n) is 3.53. The Bertz CT molecular complexity index is 427. The van der Waals surface area contributed by atoms with Crippen molar-refractivity contribution in [1.82, 2.24) is 5.43 Å². The van der Waals surface area contributed by atoms with Crippen molar-refractivity contribution in [2.24, 2.45) is 10.8 Å². The van der Waals surface area contributed by atoms with Crippen molar-refractivity contribution in [2.75, 3.05) is 0 Å². The first kappa shape index (κ1) is 12.2. The van der Waals surface area contributed by atoms with E-state index in [0.29, 0.717) is 0 Å². The molecule has 0 bridgehead atoms.